The third kappa shape index (κ3) is 4.13. The Kier molecular flexibility index (Phi) is 5.59. The smallest absolute Gasteiger partial charge is 0.311 e. The standard InChI is InChI=1S/C18H24N2O4/c1-3-18(4-2,17(23)24)11-19-15(21)13-6-5-7-14(10-13)20-16(22)12-8-9-12/h5-7,10,12H,3-4,8-9,11H2,1-2H3,(H,19,21)(H,20,22)(H,23,24). The van der Waals surface area contributed by atoms with E-state index in [2.05, 4.69) is 10.6 Å². The quantitative estimate of drug-likeness (QED) is 0.682. The number of amides is 2. The van der Waals surface area contributed by atoms with Crippen LogP contribution in [0.4, 0.5) is 5.69 Å². The fourth-order valence-corrected chi connectivity index (χ4v) is 2.56. The van der Waals surface area contributed by atoms with Crippen molar-refractivity contribution >= 4 is 23.5 Å². The van der Waals surface area contributed by atoms with Crippen LogP contribution in [0.25, 0.3) is 0 Å². The molecule has 0 bridgehead atoms. The van der Waals surface area contributed by atoms with Crippen LogP contribution < -0.4 is 10.6 Å². The third-order valence-electron chi connectivity index (χ3n) is 4.74. The highest BCUT2D eigenvalue weighted by molar-refractivity contribution is 5.98. The number of anilines is 1. The van der Waals surface area contributed by atoms with Crippen LogP contribution in [0.15, 0.2) is 24.3 Å². The van der Waals surface area contributed by atoms with Gasteiger partial charge in [0, 0.05) is 23.7 Å². The molecular formula is C18H24N2O4. The summed E-state index contributed by atoms with van der Waals surface area (Å²) in [5, 5.41) is 14.9. The number of carboxylic acid groups (broad SMARTS) is 1. The zero-order chi connectivity index (χ0) is 17.7. The van der Waals surface area contributed by atoms with Crippen molar-refractivity contribution in [3.8, 4) is 0 Å². The molecule has 2 rings (SSSR count). The minimum absolute atomic E-state index is 0.0191. The molecule has 2 amide bonds. The summed E-state index contributed by atoms with van der Waals surface area (Å²) in [6, 6.07) is 6.68. The Labute approximate surface area is 141 Å². The van der Waals surface area contributed by atoms with Crippen LogP contribution in [0.1, 0.15) is 49.9 Å². The average molecular weight is 332 g/mol. The zero-order valence-electron chi connectivity index (χ0n) is 14.1. The first kappa shape index (κ1) is 18.0. The van der Waals surface area contributed by atoms with Gasteiger partial charge in [0.15, 0.2) is 0 Å². The Morgan fingerprint density at radius 2 is 1.88 bits per heavy atom. The van der Waals surface area contributed by atoms with Gasteiger partial charge >= 0.3 is 5.97 Å². The van der Waals surface area contributed by atoms with Crippen molar-refractivity contribution in [1.82, 2.24) is 5.32 Å². The largest absolute Gasteiger partial charge is 0.481 e. The lowest BCUT2D eigenvalue weighted by Gasteiger charge is -2.26. The highest BCUT2D eigenvalue weighted by Gasteiger charge is 2.35. The summed E-state index contributed by atoms with van der Waals surface area (Å²) in [5.41, 5.74) is 0.0260. The Morgan fingerprint density at radius 3 is 2.42 bits per heavy atom. The SMILES string of the molecule is CCC(CC)(CNC(=O)c1cccc(NC(=O)C2CC2)c1)C(=O)O. The topological polar surface area (TPSA) is 95.5 Å². The molecule has 1 aromatic carbocycles. The maximum absolute atomic E-state index is 12.3. The predicted molar refractivity (Wildman–Crippen MR) is 90.8 cm³/mol. The summed E-state index contributed by atoms with van der Waals surface area (Å²) in [6.07, 6.45) is 2.71. The first-order valence-electron chi connectivity index (χ1n) is 8.34. The second kappa shape index (κ2) is 7.47. The predicted octanol–water partition coefficient (Wildman–Crippen LogP) is 2.66. The first-order valence-corrected chi connectivity index (χ1v) is 8.34. The van der Waals surface area contributed by atoms with E-state index in [0.717, 1.165) is 12.8 Å². The van der Waals surface area contributed by atoms with Gasteiger partial charge in [-0.15, -0.1) is 0 Å². The summed E-state index contributed by atoms with van der Waals surface area (Å²) in [6.45, 7) is 3.68. The van der Waals surface area contributed by atoms with Crippen LogP contribution in [-0.4, -0.2) is 29.4 Å². The van der Waals surface area contributed by atoms with E-state index in [1.54, 1.807) is 38.1 Å². The van der Waals surface area contributed by atoms with E-state index in [1.165, 1.54) is 0 Å². The Balaban J connectivity index is 2.01. The third-order valence-corrected chi connectivity index (χ3v) is 4.74. The van der Waals surface area contributed by atoms with Crippen LogP contribution >= 0.6 is 0 Å². The van der Waals surface area contributed by atoms with Crippen molar-refractivity contribution in [3.63, 3.8) is 0 Å². The van der Waals surface area contributed by atoms with Gasteiger partial charge in [-0.2, -0.15) is 0 Å². The van der Waals surface area contributed by atoms with Crippen LogP contribution in [0.5, 0.6) is 0 Å². The van der Waals surface area contributed by atoms with Gasteiger partial charge < -0.3 is 15.7 Å². The molecule has 0 atom stereocenters. The molecule has 0 spiro atoms. The molecule has 1 fully saturated rings. The minimum atomic E-state index is -0.951. The number of hydrogen-bond donors (Lipinski definition) is 3. The molecule has 1 aromatic rings. The number of benzene rings is 1. The van der Waals surface area contributed by atoms with E-state index in [-0.39, 0.29) is 24.3 Å². The fraction of sp³-hybridized carbons (Fsp3) is 0.500. The van der Waals surface area contributed by atoms with Crippen molar-refractivity contribution in [2.75, 3.05) is 11.9 Å². The summed E-state index contributed by atoms with van der Waals surface area (Å²) in [5.74, 6) is -1.18. The summed E-state index contributed by atoms with van der Waals surface area (Å²) >= 11 is 0. The molecule has 0 radical (unpaired) electrons. The molecule has 0 aromatic heterocycles. The molecule has 6 nitrogen and oxygen atoms in total. The molecule has 6 heteroatoms. The molecule has 0 saturated heterocycles. The number of carboxylic acids is 1. The van der Waals surface area contributed by atoms with Crippen molar-refractivity contribution in [3.05, 3.63) is 29.8 Å². The molecule has 3 N–H and O–H groups in total. The van der Waals surface area contributed by atoms with E-state index in [1.807, 2.05) is 0 Å². The highest BCUT2D eigenvalue weighted by atomic mass is 16.4. The molecule has 130 valence electrons. The normalized spacial score (nSPS) is 14.1. The summed E-state index contributed by atoms with van der Waals surface area (Å²) in [4.78, 5) is 35.6. The second-order valence-electron chi connectivity index (χ2n) is 6.32. The summed E-state index contributed by atoms with van der Waals surface area (Å²) in [7, 11) is 0. The maximum atomic E-state index is 12.3. The summed E-state index contributed by atoms with van der Waals surface area (Å²) < 4.78 is 0. The zero-order valence-corrected chi connectivity index (χ0v) is 14.1. The lowest BCUT2D eigenvalue weighted by Crippen LogP contribution is -2.42. The van der Waals surface area contributed by atoms with Crippen LogP contribution in [0.3, 0.4) is 0 Å². The van der Waals surface area contributed by atoms with Gasteiger partial charge in [0.05, 0.1) is 5.41 Å². The van der Waals surface area contributed by atoms with Crippen molar-refractivity contribution in [1.29, 1.82) is 0 Å². The highest BCUT2D eigenvalue weighted by Crippen LogP contribution is 2.30. The first-order chi connectivity index (χ1) is 11.4. The van der Waals surface area contributed by atoms with Gasteiger partial charge in [-0.05, 0) is 43.9 Å². The maximum Gasteiger partial charge on any atom is 0.311 e. The Morgan fingerprint density at radius 1 is 1.21 bits per heavy atom. The van der Waals surface area contributed by atoms with Crippen molar-refractivity contribution in [2.24, 2.45) is 11.3 Å². The number of rotatable bonds is 8. The molecule has 1 aliphatic carbocycles. The molecular weight excluding hydrogens is 308 g/mol. The number of carbonyl (C=O) groups excluding carboxylic acids is 2. The number of aliphatic carboxylic acids is 1. The van der Waals surface area contributed by atoms with E-state index in [4.69, 9.17) is 0 Å². The van der Waals surface area contributed by atoms with Gasteiger partial charge in [-0.25, -0.2) is 0 Å². The molecule has 0 heterocycles. The minimum Gasteiger partial charge on any atom is -0.481 e. The average Bonchev–Trinajstić information content (AvgIpc) is 3.41. The van der Waals surface area contributed by atoms with Crippen LogP contribution in [0.2, 0.25) is 0 Å². The van der Waals surface area contributed by atoms with E-state index in [0.29, 0.717) is 24.1 Å². The fourth-order valence-electron chi connectivity index (χ4n) is 2.56. The van der Waals surface area contributed by atoms with E-state index >= 15 is 0 Å². The van der Waals surface area contributed by atoms with Gasteiger partial charge in [0.25, 0.3) is 5.91 Å². The number of hydrogen-bond acceptors (Lipinski definition) is 3. The van der Waals surface area contributed by atoms with E-state index in [9.17, 15) is 19.5 Å². The van der Waals surface area contributed by atoms with Crippen LogP contribution in [-0.2, 0) is 9.59 Å². The lowest BCUT2D eigenvalue weighted by atomic mass is 9.82. The second-order valence-corrected chi connectivity index (χ2v) is 6.32. The molecule has 1 saturated carbocycles. The molecule has 24 heavy (non-hydrogen) atoms. The Hall–Kier alpha value is -2.37. The van der Waals surface area contributed by atoms with Crippen LogP contribution in [0, 0.1) is 11.3 Å². The van der Waals surface area contributed by atoms with Crippen molar-refractivity contribution < 1.29 is 19.5 Å². The van der Waals surface area contributed by atoms with Gasteiger partial charge in [0.1, 0.15) is 0 Å². The monoisotopic (exact) mass is 332 g/mol. The van der Waals surface area contributed by atoms with Gasteiger partial charge in [-0.3, -0.25) is 14.4 Å². The Bertz CT molecular complexity index is 634. The van der Waals surface area contributed by atoms with Gasteiger partial charge in [-0.1, -0.05) is 19.9 Å². The van der Waals surface area contributed by atoms with Gasteiger partial charge in [0.2, 0.25) is 5.91 Å². The molecule has 0 aliphatic heterocycles. The molecule has 0 unspecified atom stereocenters. The molecule has 1 aliphatic rings. The number of nitrogens with one attached hydrogen (secondary N) is 2. The van der Waals surface area contributed by atoms with E-state index < -0.39 is 11.4 Å². The number of carbonyl (C=O) groups is 3. The lowest BCUT2D eigenvalue weighted by molar-refractivity contribution is -0.149. The van der Waals surface area contributed by atoms with Crippen molar-refractivity contribution in [2.45, 2.75) is 39.5 Å².